The highest BCUT2D eigenvalue weighted by atomic mass is 32.1. The number of hydrogen-bond donors (Lipinski definition) is 1. The first kappa shape index (κ1) is 14.8. The zero-order valence-electron chi connectivity index (χ0n) is 13.2. The van der Waals surface area contributed by atoms with E-state index in [9.17, 15) is 0 Å². The number of anilines is 1. The molecule has 24 heavy (non-hydrogen) atoms. The normalized spacial score (nSPS) is 11.0. The van der Waals surface area contributed by atoms with Crippen LogP contribution in [0.3, 0.4) is 0 Å². The molecule has 0 bridgehead atoms. The zero-order chi connectivity index (χ0) is 16.4. The Labute approximate surface area is 143 Å². The molecule has 0 atom stereocenters. The summed E-state index contributed by atoms with van der Waals surface area (Å²) in [5, 5.41) is 4.16. The van der Waals surface area contributed by atoms with E-state index < -0.39 is 0 Å². The monoisotopic (exact) mass is 336 g/mol. The fourth-order valence-corrected chi connectivity index (χ4v) is 3.36. The molecule has 0 saturated carbocycles. The van der Waals surface area contributed by atoms with E-state index in [1.807, 2.05) is 48.4 Å². The standard InChI is InChI=1S/C17H16N6S/c1-23-10-13(21-11-23)6-7-18-17-19-8-12(9-20-17)16-22-14-4-2-3-5-15(14)24-16/h2-5,8-11H,6-7H2,1H3,(H,18,19,20). The van der Waals surface area contributed by atoms with Crippen molar-refractivity contribution in [2.24, 2.45) is 7.05 Å². The van der Waals surface area contributed by atoms with Gasteiger partial charge < -0.3 is 9.88 Å². The molecule has 6 nitrogen and oxygen atoms in total. The molecular formula is C17H16N6S. The molecular weight excluding hydrogens is 320 g/mol. The Morgan fingerprint density at radius 3 is 2.71 bits per heavy atom. The molecule has 0 amide bonds. The molecule has 120 valence electrons. The molecule has 0 aliphatic heterocycles. The van der Waals surface area contributed by atoms with Crippen molar-refractivity contribution < 1.29 is 0 Å². The summed E-state index contributed by atoms with van der Waals surface area (Å²) in [4.78, 5) is 17.7. The van der Waals surface area contributed by atoms with Gasteiger partial charge in [0.1, 0.15) is 5.01 Å². The highest BCUT2D eigenvalue weighted by molar-refractivity contribution is 7.21. The smallest absolute Gasteiger partial charge is 0.222 e. The van der Waals surface area contributed by atoms with E-state index in [0.717, 1.165) is 34.7 Å². The number of rotatable bonds is 5. The first-order valence-electron chi connectivity index (χ1n) is 7.66. The number of benzene rings is 1. The van der Waals surface area contributed by atoms with E-state index in [-0.39, 0.29) is 0 Å². The highest BCUT2D eigenvalue weighted by Crippen LogP contribution is 2.29. The SMILES string of the molecule is Cn1cnc(CCNc2ncc(-c3nc4ccccc4s3)cn2)c1. The van der Waals surface area contributed by atoms with Crippen LogP contribution >= 0.6 is 11.3 Å². The average Bonchev–Trinajstić information content (AvgIpc) is 3.21. The lowest BCUT2D eigenvalue weighted by atomic mass is 10.3. The highest BCUT2D eigenvalue weighted by Gasteiger charge is 2.07. The van der Waals surface area contributed by atoms with Gasteiger partial charge >= 0.3 is 0 Å². The maximum atomic E-state index is 4.62. The zero-order valence-corrected chi connectivity index (χ0v) is 14.0. The Morgan fingerprint density at radius 1 is 1.12 bits per heavy atom. The molecule has 0 radical (unpaired) electrons. The summed E-state index contributed by atoms with van der Waals surface area (Å²) < 4.78 is 3.11. The van der Waals surface area contributed by atoms with Crippen LogP contribution in [0.1, 0.15) is 5.69 Å². The minimum Gasteiger partial charge on any atom is -0.354 e. The Balaban J connectivity index is 1.42. The van der Waals surface area contributed by atoms with E-state index in [0.29, 0.717) is 5.95 Å². The van der Waals surface area contributed by atoms with Crippen LogP contribution in [0.2, 0.25) is 0 Å². The van der Waals surface area contributed by atoms with E-state index >= 15 is 0 Å². The van der Waals surface area contributed by atoms with Crippen molar-refractivity contribution in [2.75, 3.05) is 11.9 Å². The maximum absolute atomic E-state index is 4.62. The second kappa shape index (κ2) is 6.37. The summed E-state index contributed by atoms with van der Waals surface area (Å²) in [5.41, 5.74) is 3.00. The molecule has 0 aliphatic carbocycles. The van der Waals surface area contributed by atoms with E-state index in [1.54, 1.807) is 17.7 Å². The van der Waals surface area contributed by atoms with Crippen LogP contribution < -0.4 is 5.32 Å². The van der Waals surface area contributed by atoms with Crippen molar-refractivity contribution >= 4 is 27.5 Å². The largest absolute Gasteiger partial charge is 0.354 e. The van der Waals surface area contributed by atoms with Gasteiger partial charge in [0.15, 0.2) is 0 Å². The first-order chi connectivity index (χ1) is 11.8. The number of para-hydroxylation sites is 1. The predicted octanol–water partition coefficient (Wildman–Crippen LogP) is 3.14. The van der Waals surface area contributed by atoms with Crippen molar-refractivity contribution in [3.63, 3.8) is 0 Å². The van der Waals surface area contributed by atoms with Gasteiger partial charge in [-0.15, -0.1) is 11.3 Å². The number of hydrogen-bond acceptors (Lipinski definition) is 6. The Hall–Kier alpha value is -2.80. The number of fused-ring (bicyclic) bond motifs is 1. The predicted molar refractivity (Wildman–Crippen MR) is 96.0 cm³/mol. The topological polar surface area (TPSA) is 68.5 Å². The van der Waals surface area contributed by atoms with Crippen LogP contribution in [-0.2, 0) is 13.5 Å². The molecule has 1 aromatic carbocycles. The van der Waals surface area contributed by atoms with Crippen molar-refractivity contribution in [2.45, 2.75) is 6.42 Å². The molecule has 0 unspecified atom stereocenters. The lowest BCUT2D eigenvalue weighted by molar-refractivity contribution is 0.909. The van der Waals surface area contributed by atoms with E-state index in [4.69, 9.17) is 0 Å². The first-order valence-corrected chi connectivity index (χ1v) is 8.48. The second-order valence-corrected chi connectivity index (χ2v) is 6.52. The van der Waals surface area contributed by atoms with Crippen molar-refractivity contribution in [1.82, 2.24) is 24.5 Å². The molecule has 0 spiro atoms. The van der Waals surface area contributed by atoms with Crippen molar-refractivity contribution in [1.29, 1.82) is 0 Å². The third-order valence-corrected chi connectivity index (χ3v) is 4.70. The molecule has 7 heteroatoms. The average molecular weight is 336 g/mol. The summed E-state index contributed by atoms with van der Waals surface area (Å²) in [5.74, 6) is 0.621. The van der Waals surface area contributed by atoms with Crippen LogP contribution in [0, 0.1) is 0 Å². The van der Waals surface area contributed by atoms with Gasteiger partial charge in [0.2, 0.25) is 5.95 Å². The van der Waals surface area contributed by atoms with Gasteiger partial charge in [0, 0.05) is 44.2 Å². The van der Waals surface area contributed by atoms with Crippen molar-refractivity contribution in [3.8, 4) is 10.6 Å². The molecule has 1 N–H and O–H groups in total. The fraction of sp³-hybridized carbons (Fsp3) is 0.176. The van der Waals surface area contributed by atoms with E-state index in [1.165, 1.54) is 4.70 Å². The second-order valence-electron chi connectivity index (χ2n) is 5.49. The lowest BCUT2D eigenvalue weighted by Crippen LogP contribution is -2.08. The van der Waals surface area contributed by atoms with Gasteiger partial charge in [-0.3, -0.25) is 0 Å². The van der Waals surface area contributed by atoms with Gasteiger partial charge in [-0.2, -0.15) is 0 Å². The Bertz CT molecular complexity index is 924. The minimum atomic E-state index is 0.621. The lowest BCUT2D eigenvalue weighted by Gasteiger charge is -2.03. The third kappa shape index (κ3) is 3.11. The molecule has 4 aromatic rings. The van der Waals surface area contributed by atoms with Gasteiger partial charge in [-0.1, -0.05) is 12.1 Å². The summed E-state index contributed by atoms with van der Waals surface area (Å²) in [6, 6.07) is 8.11. The number of thiazole rings is 1. The number of nitrogens with one attached hydrogen (secondary N) is 1. The van der Waals surface area contributed by atoms with Gasteiger partial charge in [0.05, 0.1) is 22.2 Å². The molecule has 3 aromatic heterocycles. The van der Waals surface area contributed by atoms with Crippen LogP contribution in [0.4, 0.5) is 5.95 Å². The minimum absolute atomic E-state index is 0.621. The molecule has 4 rings (SSSR count). The van der Waals surface area contributed by atoms with Gasteiger partial charge in [-0.25, -0.2) is 19.9 Å². The van der Waals surface area contributed by atoms with Gasteiger partial charge in [-0.05, 0) is 12.1 Å². The molecule has 3 heterocycles. The van der Waals surface area contributed by atoms with Crippen LogP contribution in [0.25, 0.3) is 20.8 Å². The Kier molecular flexibility index (Phi) is 3.92. The van der Waals surface area contributed by atoms with Crippen LogP contribution in [0.15, 0.2) is 49.2 Å². The van der Waals surface area contributed by atoms with E-state index in [2.05, 4.69) is 31.3 Å². The molecule has 0 fully saturated rings. The number of aryl methyl sites for hydroxylation is 1. The number of imidazole rings is 1. The van der Waals surface area contributed by atoms with Crippen LogP contribution in [-0.4, -0.2) is 31.0 Å². The molecule has 0 aliphatic rings. The molecule has 0 saturated heterocycles. The fourth-order valence-electron chi connectivity index (χ4n) is 2.42. The number of aromatic nitrogens is 5. The maximum Gasteiger partial charge on any atom is 0.222 e. The summed E-state index contributed by atoms with van der Waals surface area (Å²) in [6.45, 7) is 0.748. The summed E-state index contributed by atoms with van der Waals surface area (Å²) in [7, 11) is 1.97. The number of nitrogens with zero attached hydrogens (tertiary/aromatic N) is 5. The summed E-state index contributed by atoms with van der Waals surface area (Å²) in [6.07, 6.45) is 8.28. The summed E-state index contributed by atoms with van der Waals surface area (Å²) >= 11 is 1.65. The third-order valence-electron chi connectivity index (χ3n) is 3.62. The Morgan fingerprint density at radius 2 is 1.96 bits per heavy atom. The quantitative estimate of drug-likeness (QED) is 0.606. The van der Waals surface area contributed by atoms with Gasteiger partial charge in [0.25, 0.3) is 0 Å². The van der Waals surface area contributed by atoms with Crippen LogP contribution in [0.5, 0.6) is 0 Å². The van der Waals surface area contributed by atoms with Crippen molar-refractivity contribution in [3.05, 3.63) is 54.9 Å².